The number of esters is 1. The van der Waals surface area contributed by atoms with E-state index in [0.717, 1.165) is 4.90 Å². The molecule has 0 saturated carbocycles. The van der Waals surface area contributed by atoms with Crippen molar-refractivity contribution in [2.45, 2.75) is 13.0 Å². The Kier molecular flexibility index (Phi) is 3.73. The van der Waals surface area contributed by atoms with Gasteiger partial charge in [-0.05, 0) is 19.1 Å². The Bertz CT molecular complexity index is 715. The molecule has 1 aromatic carbocycles. The van der Waals surface area contributed by atoms with Crippen LogP contribution in [-0.4, -0.2) is 43.3 Å². The van der Waals surface area contributed by atoms with Gasteiger partial charge in [-0.1, -0.05) is 6.07 Å². The van der Waals surface area contributed by atoms with E-state index in [4.69, 9.17) is 9.47 Å². The Morgan fingerprint density at radius 3 is 2.83 bits per heavy atom. The minimum atomic E-state index is -0.965. The number of amides is 2. The molecule has 120 valence electrons. The highest BCUT2D eigenvalue weighted by atomic mass is 16.5. The summed E-state index contributed by atoms with van der Waals surface area (Å²) >= 11 is 0. The third-order valence-corrected chi connectivity index (χ3v) is 3.72. The van der Waals surface area contributed by atoms with Crippen LogP contribution in [0, 0.1) is 5.92 Å². The van der Waals surface area contributed by atoms with Gasteiger partial charge in [0.1, 0.15) is 17.7 Å². The van der Waals surface area contributed by atoms with Crippen molar-refractivity contribution in [3.05, 3.63) is 24.3 Å². The number of benzene rings is 1. The van der Waals surface area contributed by atoms with Crippen molar-refractivity contribution in [3.8, 4) is 5.75 Å². The summed E-state index contributed by atoms with van der Waals surface area (Å²) in [5.41, 5.74) is 2.88. The summed E-state index contributed by atoms with van der Waals surface area (Å²) in [6.07, 6.45) is 0. The lowest BCUT2D eigenvalue weighted by Gasteiger charge is -2.16. The zero-order chi connectivity index (χ0) is 16.6. The topological polar surface area (TPSA) is 97.3 Å². The van der Waals surface area contributed by atoms with Crippen LogP contribution in [0.25, 0.3) is 0 Å². The summed E-state index contributed by atoms with van der Waals surface area (Å²) in [5, 5.41) is 3.80. The van der Waals surface area contributed by atoms with Gasteiger partial charge in [0.15, 0.2) is 5.71 Å². The number of imide groups is 1. The fourth-order valence-electron chi connectivity index (χ4n) is 2.67. The number of nitrogens with one attached hydrogen (secondary N) is 1. The number of fused-ring (bicyclic) bond motifs is 1. The number of hydrazone groups is 1. The Hall–Kier alpha value is -2.90. The molecule has 2 atom stereocenters. The molecule has 2 amide bonds. The summed E-state index contributed by atoms with van der Waals surface area (Å²) in [7, 11) is 1.49. The van der Waals surface area contributed by atoms with E-state index in [-0.39, 0.29) is 12.3 Å². The molecule has 1 fully saturated rings. The normalized spacial score (nSPS) is 22.5. The maximum atomic E-state index is 12.7. The number of carbonyl (C=O) groups excluding carboxylic acids is 3. The van der Waals surface area contributed by atoms with E-state index in [1.165, 1.54) is 7.11 Å². The second-order valence-electron chi connectivity index (χ2n) is 5.02. The van der Waals surface area contributed by atoms with Crippen LogP contribution < -0.4 is 15.1 Å². The third kappa shape index (κ3) is 2.32. The lowest BCUT2D eigenvalue weighted by molar-refractivity contribution is -0.136. The van der Waals surface area contributed by atoms with Gasteiger partial charge in [-0.15, -0.1) is 0 Å². The number of hydrogen-bond acceptors (Lipinski definition) is 7. The molecule has 23 heavy (non-hydrogen) atoms. The molecule has 1 saturated heterocycles. The van der Waals surface area contributed by atoms with E-state index in [1.807, 2.05) is 0 Å². The van der Waals surface area contributed by atoms with Crippen molar-refractivity contribution in [2.75, 3.05) is 18.6 Å². The van der Waals surface area contributed by atoms with Crippen LogP contribution in [0.3, 0.4) is 0 Å². The van der Waals surface area contributed by atoms with Crippen LogP contribution in [0.4, 0.5) is 5.69 Å². The molecule has 0 spiro atoms. The maximum Gasteiger partial charge on any atom is 0.355 e. The monoisotopic (exact) mass is 317 g/mol. The molecular weight excluding hydrogens is 302 g/mol. The molecule has 2 aliphatic heterocycles. The van der Waals surface area contributed by atoms with Crippen LogP contribution in [0.2, 0.25) is 0 Å². The molecule has 8 nitrogen and oxygen atoms in total. The van der Waals surface area contributed by atoms with E-state index >= 15 is 0 Å². The molecule has 0 radical (unpaired) electrons. The van der Waals surface area contributed by atoms with Gasteiger partial charge in [0.2, 0.25) is 5.91 Å². The van der Waals surface area contributed by atoms with E-state index < -0.39 is 29.7 Å². The lowest BCUT2D eigenvalue weighted by atomic mass is 9.99. The van der Waals surface area contributed by atoms with Gasteiger partial charge in [-0.25, -0.2) is 9.69 Å². The number of rotatable bonds is 4. The molecule has 2 heterocycles. The van der Waals surface area contributed by atoms with Gasteiger partial charge in [0.05, 0.1) is 19.4 Å². The van der Waals surface area contributed by atoms with Crippen molar-refractivity contribution >= 4 is 29.2 Å². The van der Waals surface area contributed by atoms with Gasteiger partial charge in [0, 0.05) is 6.07 Å². The number of carbonyl (C=O) groups is 3. The first-order valence-electron chi connectivity index (χ1n) is 7.10. The average molecular weight is 317 g/mol. The van der Waals surface area contributed by atoms with Crippen LogP contribution in [-0.2, 0) is 19.1 Å². The Morgan fingerprint density at radius 1 is 1.35 bits per heavy atom. The predicted octanol–water partition coefficient (Wildman–Crippen LogP) is 0.0755. The van der Waals surface area contributed by atoms with Crippen LogP contribution in [0.5, 0.6) is 5.75 Å². The largest absolute Gasteiger partial charge is 0.497 e. The summed E-state index contributed by atoms with van der Waals surface area (Å²) in [6.45, 7) is 1.82. The lowest BCUT2D eigenvalue weighted by Crippen LogP contribution is -2.36. The number of methoxy groups -OCH3 is 1. The minimum absolute atomic E-state index is 0.0689. The highest BCUT2D eigenvalue weighted by molar-refractivity contribution is 6.46. The van der Waals surface area contributed by atoms with Crippen molar-refractivity contribution in [2.24, 2.45) is 11.0 Å². The molecular formula is C15H15N3O5. The maximum absolute atomic E-state index is 12.7. The summed E-state index contributed by atoms with van der Waals surface area (Å²) < 4.78 is 9.99. The second-order valence-corrected chi connectivity index (χ2v) is 5.02. The molecule has 8 heteroatoms. The quantitative estimate of drug-likeness (QED) is 0.624. The van der Waals surface area contributed by atoms with Crippen LogP contribution in [0.1, 0.15) is 6.92 Å². The van der Waals surface area contributed by atoms with E-state index in [9.17, 15) is 14.4 Å². The fourth-order valence-corrected chi connectivity index (χ4v) is 2.67. The summed E-state index contributed by atoms with van der Waals surface area (Å²) in [4.78, 5) is 38.1. The van der Waals surface area contributed by atoms with Gasteiger partial charge >= 0.3 is 5.97 Å². The Balaban J connectivity index is 1.92. The molecule has 0 aliphatic carbocycles. The standard InChI is InChI=1S/C15H15N3O5/c1-3-23-15(21)12-10-11(16-17-12)14(20)18(13(10)19)8-5-4-6-9(7-8)22-2/h4-7,10-11,16H,3H2,1-2H3/t10-,11-/m1/s1. The summed E-state index contributed by atoms with van der Waals surface area (Å²) in [6, 6.07) is 5.71. The first kappa shape index (κ1) is 15.0. The highest BCUT2D eigenvalue weighted by Crippen LogP contribution is 2.32. The zero-order valence-corrected chi connectivity index (χ0v) is 12.6. The first-order chi connectivity index (χ1) is 11.1. The third-order valence-electron chi connectivity index (χ3n) is 3.72. The van der Waals surface area contributed by atoms with E-state index in [1.54, 1.807) is 31.2 Å². The first-order valence-corrected chi connectivity index (χ1v) is 7.10. The van der Waals surface area contributed by atoms with Crippen LogP contribution in [0.15, 0.2) is 29.4 Å². The second kappa shape index (κ2) is 5.71. The van der Waals surface area contributed by atoms with E-state index in [0.29, 0.717) is 11.4 Å². The minimum Gasteiger partial charge on any atom is -0.497 e. The van der Waals surface area contributed by atoms with Crippen molar-refractivity contribution in [3.63, 3.8) is 0 Å². The fraction of sp³-hybridized carbons (Fsp3) is 0.333. The molecule has 0 aromatic heterocycles. The van der Waals surface area contributed by atoms with Gasteiger partial charge in [-0.3, -0.25) is 15.0 Å². The molecule has 0 bridgehead atoms. The van der Waals surface area contributed by atoms with Crippen molar-refractivity contribution in [1.82, 2.24) is 5.43 Å². The zero-order valence-electron chi connectivity index (χ0n) is 12.6. The van der Waals surface area contributed by atoms with Gasteiger partial charge in [-0.2, -0.15) is 5.10 Å². The van der Waals surface area contributed by atoms with Crippen molar-refractivity contribution < 1.29 is 23.9 Å². The molecule has 3 rings (SSSR count). The van der Waals surface area contributed by atoms with Gasteiger partial charge in [0.25, 0.3) is 5.91 Å². The van der Waals surface area contributed by atoms with Gasteiger partial charge < -0.3 is 9.47 Å². The van der Waals surface area contributed by atoms with E-state index in [2.05, 4.69) is 10.5 Å². The smallest absolute Gasteiger partial charge is 0.355 e. The SMILES string of the molecule is CCOC(=O)C1=NN[C@H]2C(=O)N(c3cccc(OC)c3)C(=O)[C@@H]12. The summed E-state index contributed by atoms with van der Waals surface area (Å²) in [5.74, 6) is -2.11. The average Bonchev–Trinajstić information content (AvgIpc) is 3.09. The number of anilines is 1. The predicted molar refractivity (Wildman–Crippen MR) is 80.0 cm³/mol. The molecule has 1 N–H and O–H groups in total. The number of hydrogen-bond donors (Lipinski definition) is 1. The molecule has 1 aromatic rings. The number of ether oxygens (including phenoxy) is 2. The Morgan fingerprint density at radius 2 is 2.13 bits per heavy atom. The van der Waals surface area contributed by atoms with Crippen LogP contribution >= 0.6 is 0 Å². The number of nitrogens with zero attached hydrogens (tertiary/aromatic N) is 2. The highest BCUT2D eigenvalue weighted by Gasteiger charge is 2.55. The van der Waals surface area contributed by atoms with Crippen molar-refractivity contribution in [1.29, 1.82) is 0 Å². The Labute approximate surface area is 132 Å². The molecule has 0 unspecified atom stereocenters. The molecule has 2 aliphatic rings.